The quantitative estimate of drug-likeness (QED) is 0.0558. The molecule has 0 amide bonds. The molecule has 0 aliphatic rings. The Kier molecular flexibility index (Phi) is 19.4. The highest BCUT2D eigenvalue weighted by Crippen LogP contribution is 2.24. The van der Waals surface area contributed by atoms with Crippen LogP contribution in [0.4, 0.5) is 8.78 Å². The van der Waals surface area contributed by atoms with Gasteiger partial charge in [-0.2, -0.15) is 17.9 Å². The van der Waals surface area contributed by atoms with Crippen LogP contribution in [0.5, 0.6) is 0 Å². The number of benzene rings is 6. The molecule has 0 bridgehead atoms. The smallest absolute Gasteiger partial charge is 0.213 e. The summed E-state index contributed by atoms with van der Waals surface area (Å²) < 4.78 is 34.7. The van der Waals surface area contributed by atoms with E-state index in [-0.39, 0.29) is 11.6 Å². The Balaban J connectivity index is 0.000000211. The van der Waals surface area contributed by atoms with E-state index in [0.717, 1.165) is 97.9 Å². The summed E-state index contributed by atoms with van der Waals surface area (Å²) in [6.45, 7) is 23.5. The predicted molar refractivity (Wildman–Crippen MR) is 305 cm³/mol. The maximum atomic E-state index is 15.3. The van der Waals surface area contributed by atoms with E-state index in [1.165, 1.54) is 32.7 Å². The topological polar surface area (TPSA) is 14.2 Å². The molecule has 0 aliphatic carbocycles. The maximum absolute atomic E-state index is 15.3. The van der Waals surface area contributed by atoms with Gasteiger partial charge in [0.25, 0.3) is 0 Å². The molecule has 0 N–H and O–H groups in total. The summed E-state index contributed by atoms with van der Waals surface area (Å²) in [6.07, 6.45) is 23.3. The van der Waals surface area contributed by atoms with E-state index in [1.807, 2.05) is 72.9 Å². The highest BCUT2D eigenvalue weighted by molar-refractivity contribution is 5.89. The van der Waals surface area contributed by atoms with Gasteiger partial charge in [-0.3, -0.25) is 0 Å². The molecule has 6 heteroatoms. The Labute approximate surface area is 429 Å². The van der Waals surface area contributed by atoms with Crippen molar-refractivity contribution < 1.29 is 17.9 Å². The molecule has 8 rings (SSSR count). The fourth-order valence-corrected chi connectivity index (χ4v) is 10.2. The van der Waals surface area contributed by atoms with Crippen molar-refractivity contribution in [1.29, 1.82) is 0 Å². The van der Waals surface area contributed by atoms with E-state index in [2.05, 4.69) is 171 Å². The Morgan fingerprint density at radius 3 is 1.22 bits per heavy atom. The lowest BCUT2D eigenvalue weighted by Crippen LogP contribution is -2.37. The number of hydrogen-bond acceptors (Lipinski definition) is 2. The van der Waals surface area contributed by atoms with Crippen LogP contribution in [0, 0.1) is 25.5 Å². The second-order valence-electron chi connectivity index (χ2n) is 19.3. The molecule has 2 unspecified atom stereocenters. The van der Waals surface area contributed by atoms with E-state index < -0.39 is 0 Å². The SMILES string of the molecule is CCN(CC)C(C)CCC[n+]1cc(F)c(/C=C/C=C/c2ccc3cc(C)ccc3c2)c2ccccc21.CCN(CC)C(C)CCC[n+]1cc(F)c(/C=C/C=C/c2ccc3cc(C)ccc3c2)c2ccccc21. The van der Waals surface area contributed by atoms with Gasteiger partial charge in [0.05, 0.1) is 10.8 Å². The number of rotatable bonds is 20. The first-order valence-electron chi connectivity index (χ1n) is 26.4. The van der Waals surface area contributed by atoms with Crippen LogP contribution >= 0.6 is 0 Å². The van der Waals surface area contributed by atoms with Crippen molar-refractivity contribution in [1.82, 2.24) is 9.80 Å². The van der Waals surface area contributed by atoms with Gasteiger partial charge >= 0.3 is 0 Å². The van der Waals surface area contributed by atoms with Gasteiger partial charge in [-0.15, -0.1) is 0 Å². The Morgan fingerprint density at radius 2 is 0.819 bits per heavy atom. The fourth-order valence-electron chi connectivity index (χ4n) is 10.2. The van der Waals surface area contributed by atoms with Crippen molar-refractivity contribution in [3.05, 3.63) is 203 Å². The summed E-state index contributed by atoms with van der Waals surface area (Å²) in [5, 5.41) is 6.83. The van der Waals surface area contributed by atoms with Gasteiger partial charge in [0.15, 0.2) is 11.6 Å². The first-order chi connectivity index (χ1) is 35.0. The minimum absolute atomic E-state index is 0.184. The van der Waals surface area contributed by atoms with Gasteiger partial charge in [-0.05, 0) is 124 Å². The Morgan fingerprint density at radius 1 is 0.458 bits per heavy atom. The molecule has 8 aromatic rings. The average molecular weight is 963 g/mol. The second kappa shape index (κ2) is 26.2. The highest BCUT2D eigenvalue weighted by Gasteiger charge is 2.19. The molecule has 0 aliphatic heterocycles. The number of para-hydroxylation sites is 2. The summed E-state index contributed by atoms with van der Waals surface area (Å²) >= 11 is 0. The molecular formula is C66H76F2N4+2. The van der Waals surface area contributed by atoms with E-state index in [9.17, 15) is 0 Å². The van der Waals surface area contributed by atoms with E-state index in [0.29, 0.717) is 23.2 Å². The average Bonchev–Trinajstić information content (AvgIpc) is 3.38. The first-order valence-corrected chi connectivity index (χ1v) is 26.4. The zero-order valence-corrected chi connectivity index (χ0v) is 44.1. The number of aryl methyl sites for hydroxylation is 4. The summed E-state index contributed by atoms with van der Waals surface area (Å²) in [4.78, 5) is 4.95. The van der Waals surface area contributed by atoms with Gasteiger partial charge in [0.2, 0.25) is 23.4 Å². The molecule has 372 valence electrons. The molecule has 2 heterocycles. The van der Waals surface area contributed by atoms with Crippen LogP contribution < -0.4 is 9.13 Å². The highest BCUT2D eigenvalue weighted by atomic mass is 19.1. The van der Waals surface area contributed by atoms with Crippen molar-refractivity contribution in [3.8, 4) is 0 Å². The van der Waals surface area contributed by atoms with Gasteiger partial charge in [0, 0.05) is 48.2 Å². The molecule has 0 spiro atoms. The maximum Gasteiger partial charge on any atom is 0.213 e. The van der Waals surface area contributed by atoms with Crippen LogP contribution in [0.2, 0.25) is 0 Å². The number of halogens is 2. The van der Waals surface area contributed by atoms with Crippen LogP contribution in [0.25, 0.3) is 67.7 Å². The van der Waals surface area contributed by atoms with Crippen molar-refractivity contribution in [3.63, 3.8) is 0 Å². The van der Waals surface area contributed by atoms with Gasteiger partial charge in [0.1, 0.15) is 13.1 Å². The number of fused-ring (bicyclic) bond motifs is 4. The zero-order valence-electron chi connectivity index (χ0n) is 44.1. The molecule has 72 heavy (non-hydrogen) atoms. The Bertz CT molecular complexity index is 2980. The summed E-state index contributed by atoms with van der Waals surface area (Å²) in [5.74, 6) is -0.368. The lowest BCUT2D eigenvalue weighted by Gasteiger charge is -2.25. The second-order valence-corrected chi connectivity index (χ2v) is 19.3. The summed E-state index contributed by atoms with van der Waals surface area (Å²) in [6, 6.07) is 43.2. The van der Waals surface area contributed by atoms with Crippen LogP contribution in [-0.2, 0) is 13.1 Å². The predicted octanol–water partition coefficient (Wildman–Crippen LogP) is 15.9. The van der Waals surface area contributed by atoms with E-state index in [1.54, 1.807) is 12.4 Å². The number of aromatic nitrogens is 2. The third kappa shape index (κ3) is 13.9. The molecule has 0 radical (unpaired) electrons. The number of nitrogens with zero attached hydrogens (tertiary/aromatic N) is 4. The van der Waals surface area contributed by atoms with Crippen molar-refractivity contribution in [2.75, 3.05) is 26.2 Å². The van der Waals surface area contributed by atoms with Crippen LogP contribution in [0.15, 0.2) is 158 Å². The number of hydrogen-bond donors (Lipinski definition) is 0. The summed E-state index contributed by atoms with van der Waals surface area (Å²) in [7, 11) is 0. The number of pyridine rings is 2. The molecule has 2 atom stereocenters. The Hall–Kier alpha value is -6.60. The van der Waals surface area contributed by atoms with Gasteiger partial charge in [-0.1, -0.05) is 172 Å². The van der Waals surface area contributed by atoms with Crippen molar-refractivity contribution >= 4 is 67.7 Å². The largest absolute Gasteiger partial charge is 0.301 e. The minimum atomic E-state index is -0.184. The third-order valence-electron chi connectivity index (χ3n) is 14.3. The lowest BCUT2D eigenvalue weighted by molar-refractivity contribution is -0.673. The van der Waals surface area contributed by atoms with E-state index >= 15 is 8.78 Å². The normalized spacial score (nSPS) is 13.1. The summed E-state index contributed by atoms with van der Waals surface area (Å²) in [5.41, 5.74) is 8.21. The van der Waals surface area contributed by atoms with Gasteiger partial charge in [-0.25, -0.2) is 0 Å². The monoisotopic (exact) mass is 963 g/mol. The molecule has 6 aromatic carbocycles. The molecule has 0 fully saturated rings. The van der Waals surface area contributed by atoms with Crippen molar-refractivity contribution in [2.24, 2.45) is 0 Å². The van der Waals surface area contributed by atoms with Gasteiger partial charge < -0.3 is 9.80 Å². The van der Waals surface area contributed by atoms with Crippen LogP contribution in [-0.4, -0.2) is 48.1 Å². The third-order valence-corrected chi connectivity index (χ3v) is 14.3. The molecule has 2 aromatic heterocycles. The number of allylic oxidation sites excluding steroid dienone is 4. The lowest BCUT2D eigenvalue weighted by atomic mass is 10.0. The van der Waals surface area contributed by atoms with Crippen LogP contribution in [0.3, 0.4) is 0 Å². The molecular weight excluding hydrogens is 887 g/mol. The molecule has 0 saturated carbocycles. The first kappa shape index (κ1) is 53.2. The zero-order chi connectivity index (χ0) is 51.0. The van der Waals surface area contributed by atoms with Crippen molar-refractivity contribution in [2.45, 2.75) is 106 Å². The molecule has 0 saturated heterocycles. The fraction of sp³-hybridized carbons (Fsp3) is 0.303. The standard InChI is InChI=1S/2C33H38FN2/c2*1-5-35(6-2)26(4)12-11-21-36-24-32(34)30(31-15-9-10-16-33(31)36)14-8-7-13-27-18-20-28-22-25(3)17-19-29(28)23-27/h2*7-10,13-20,22-24,26H,5-6,11-12,21H2,1-4H3/q2*+1/b2*13-7+,14-8+. The van der Waals surface area contributed by atoms with E-state index in [4.69, 9.17) is 0 Å². The minimum Gasteiger partial charge on any atom is -0.301 e. The van der Waals surface area contributed by atoms with Crippen LogP contribution in [0.1, 0.15) is 101 Å². The molecule has 4 nitrogen and oxygen atoms in total.